The van der Waals surface area contributed by atoms with Crippen LogP contribution in [0.4, 0.5) is 5.95 Å². The number of fused-ring (bicyclic) bond motifs is 1. The molecule has 2 heterocycles. The van der Waals surface area contributed by atoms with E-state index >= 15 is 0 Å². The summed E-state index contributed by atoms with van der Waals surface area (Å²) in [6, 6.07) is 8.22. The van der Waals surface area contributed by atoms with Crippen molar-refractivity contribution in [1.82, 2.24) is 19.7 Å². The van der Waals surface area contributed by atoms with Crippen molar-refractivity contribution >= 4 is 23.1 Å². The summed E-state index contributed by atoms with van der Waals surface area (Å²) in [5.74, 6) is 1.20. The van der Waals surface area contributed by atoms with Crippen molar-refractivity contribution < 1.29 is 4.74 Å². The summed E-state index contributed by atoms with van der Waals surface area (Å²) in [7, 11) is 1.62. The molecule has 0 unspecified atom stereocenters. The molecule has 32 heavy (non-hydrogen) atoms. The molecule has 2 N–H and O–H groups in total. The van der Waals surface area contributed by atoms with E-state index in [4.69, 9.17) is 10.00 Å². The minimum atomic E-state index is -0.271. The second-order valence-corrected chi connectivity index (χ2v) is 8.93. The fraction of sp³-hybridized carbons (Fsp3) is 0.348. The first kappa shape index (κ1) is 19.8. The van der Waals surface area contributed by atoms with Crippen LogP contribution in [-0.4, -0.2) is 25.3 Å². The summed E-state index contributed by atoms with van der Waals surface area (Å²) < 4.78 is 7.57. The Bertz CT molecular complexity index is 1410. The van der Waals surface area contributed by atoms with Crippen LogP contribution in [0.15, 0.2) is 23.0 Å². The second kappa shape index (κ2) is 6.69. The highest BCUT2D eigenvalue weighted by atomic mass is 16.5. The molecule has 2 bridgehead atoms. The minimum Gasteiger partial charge on any atom is -0.436 e. The third-order valence-corrected chi connectivity index (χ3v) is 6.34. The number of ether oxygens (including phenoxy) is 1. The normalized spacial score (nSPS) is 23.3. The third-order valence-electron chi connectivity index (χ3n) is 6.34. The van der Waals surface area contributed by atoms with Gasteiger partial charge in [0.15, 0.2) is 5.52 Å². The van der Waals surface area contributed by atoms with Gasteiger partial charge in [-0.3, -0.25) is 14.6 Å². The molecular formula is C23H21N7O2. The second-order valence-electron chi connectivity index (χ2n) is 8.93. The molecule has 3 aromatic rings. The highest BCUT2D eigenvalue weighted by Gasteiger charge is 2.69. The van der Waals surface area contributed by atoms with E-state index in [9.17, 15) is 10.1 Å². The average molecular weight is 427 g/mol. The lowest BCUT2D eigenvalue weighted by molar-refractivity contribution is -0.0665. The van der Waals surface area contributed by atoms with Gasteiger partial charge in [-0.1, -0.05) is 0 Å². The fourth-order valence-corrected chi connectivity index (χ4v) is 4.95. The van der Waals surface area contributed by atoms with Crippen LogP contribution in [0.1, 0.15) is 36.0 Å². The van der Waals surface area contributed by atoms with E-state index in [0.29, 0.717) is 17.2 Å². The van der Waals surface area contributed by atoms with Gasteiger partial charge in [-0.15, -0.1) is 0 Å². The largest absolute Gasteiger partial charge is 0.436 e. The molecule has 3 aliphatic rings. The molecule has 160 valence electrons. The van der Waals surface area contributed by atoms with Gasteiger partial charge < -0.3 is 10.1 Å². The molecular weight excluding hydrogens is 406 g/mol. The smallest absolute Gasteiger partial charge is 0.293 e. The van der Waals surface area contributed by atoms with E-state index in [1.54, 1.807) is 13.1 Å². The Morgan fingerprint density at radius 2 is 1.91 bits per heavy atom. The lowest BCUT2D eigenvalue weighted by atomic mass is 9.40. The number of aromatic amines is 1. The van der Waals surface area contributed by atoms with Gasteiger partial charge in [0.05, 0.1) is 17.6 Å². The van der Waals surface area contributed by atoms with Gasteiger partial charge in [0, 0.05) is 18.7 Å². The van der Waals surface area contributed by atoms with Crippen LogP contribution in [0.2, 0.25) is 0 Å². The van der Waals surface area contributed by atoms with Crippen LogP contribution in [0.3, 0.4) is 0 Å². The number of aromatic nitrogens is 4. The molecule has 2 aromatic heterocycles. The van der Waals surface area contributed by atoms with Crippen molar-refractivity contribution in [3.05, 3.63) is 45.3 Å². The molecule has 6 rings (SSSR count). The highest BCUT2D eigenvalue weighted by Crippen LogP contribution is 2.67. The number of nitrogens with one attached hydrogen (secondary N) is 2. The number of hydrogen-bond donors (Lipinski definition) is 2. The summed E-state index contributed by atoms with van der Waals surface area (Å²) in [6.45, 7) is 3.83. The minimum absolute atomic E-state index is 0.178. The lowest BCUT2D eigenvalue weighted by Gasteiger charge is -2.66. The lowest BCUT2D eigenvalue weighted by Crippen LogP contribution is -2.70. The molecule has 0 aliphatic heterocycles. The molecule has 0 amide bonds. The number of benzene rings is 1. The summed E-state index contributed by atoms with van der Waals surface area (Å²) in [5.41, 5.74) is 2.64. The zero-order valence-corrected chi connectivity index (χ0v) is 18.0. The molecule has 9 nitrogen and oxygen atoms in total. The summed E-state index contributed by atoms with van der Waals surface area (Å²) in [4.78, 5) is 21.6. The molecule has 3 fully saturated rings. The van der Waals surface area contributed by atoms with Crippen LogP contribution < -0.4 is 15.6 Å². The van der Waals surface area contributed by atoms with Gasteiger partial charge >= 0.3 is 0 Å². The SMILES string of the molecule is Cc1cc(/C=C/C#N)cc(C)c1Oc1nc(NC23CC(C#N)(C2)C3)nc2c(=O)n(C)[nH]c12. The fourth-order valence-electron chi connectivity index (χ4n) is 4.95. The van der Waals surface area contributed by atoms with Crippen molar-refractivity contribution in [3.63, 3.8) is 0 Å². The number of nitrogens with zero attached hydrogens (tertiary/aromatic N) is 5. The number of H-pyrrole nitrogens is 1. The maximum atomic E-state index is 12.6. The van der Waals surface area contributed by atoms with E-state index in [1.807, 2.05) is 32.0 Å². The van der Waals surface area contributed by atoms with Crippen LogP contribution in [0.25, 0.3) is 17.1 Å². The highest BCUT2D eigenvalue weighted by molar-refractivity contribution is 5.80. The van der Waals surface area contributed by atoms with Gasteiger partial charge in [0.25, 0.3) is 11.4 Å². The Balaban J connectivity index is 1.53. The van der Waals surface area contributed by atoms with E-state index in [-0.39, 0.29) is 27.9 Å². The van der Waals surface area contributed by atoms with E-state index < -0.39 is 0 Å². The molecule has 0 radical (unpaired) electrons. The van der Waals surface area contributed by atoms with Crippen LogP contribution in [0.5, 0.6) is 11.6 Å². The average Bonchev–Trinajstić information content (AvgIpc) is 2.99. The first-order valence-electron chi connectivity index (χ1n) is 10.3. The van der Waals surface area contributed by atoms with Gasteiger partial charge in [0.1, 0.15) is 11.3 Å². The predicted molar refractivity (Wildman–Crippen MR) is 118 cm³/mol. The maximum Gasteiger partial charge on any atom is 0.293 e. The molecule has 0 spiro atoms. The first-order valence-corrected chi connectivity index (χ1v) is 10.3. The quantitative estimate of drug-likeness (QED) is 0.596. The number of nitriles is 2. The molecule has 9 heteroatoms. The third kappa shape index (κ3) is 2.94. The zero-order valence-electron chi connectivity index (χ0n) is 18.0. The van der Waals surface area contributed by atoms with Crippen molar-refractivity contribution in [1.29, 1.82) is 10.5 Å². The maximum absolute atomic E-state index is 12.6. The number of anilines is 1. The molecule has 0 saturated heterocycles. The van der Waals surface area contributed by atoms with Crippen molar-refractivity contribution in [3.8, 4) is 23.8 Å². The molecule has 3 aliphatic carbocycles. The van der Waals surface area contributed by atoms with E-state index in [2.05, 4.69) is 26.5 Å². The number of allylic oxidation sites excluding steroid dienone is 1. The van der Waals surface area contributed by atoms with Crippen LogP contribution in [0, 0.1) is 41.9 Å². The van der Waals surface area contributed by atoms with Crippen LogP contribution >= 0.6 is 0 Å². The summed E-state index contributed by atoms with van der Waals surface area (Å²) in [6.07, 6.45) is 5.44. The van der Waals surface area contributed by atoms with E-state index in [0.717, 1.165) is 36.0 Å². The predicted octanol–water partition coefficient (Wildman–Crippen LogP) is 3.46. The molecule has 0 atom stereocenters. The number of hydrogen-bond acceptors (Lipinski definition) is 7. The van der Waals surface area contributed by atoms with Crippen LogP contribution in [-0.2, 0) is 7.05 Å². The van der Waals surface area contributed by atoms with Crippen molar-refractivity contribution in [2.24, 2.45) is 12.5 Å². The number of rotatable bonds is 5. The topological polar surface area (TPSA) is 132 Å². The monoisotopic (exact) mass is 427 g/mol. The van der Waals surface area contributed by atoms with Crippen molar-refractivity contribution in [2.45, 2.75) is 38.6 Å². The Morgan fingerprint density at radius 3 is 2.53 bits per heavy atom. The zero-order chi connectivity index (χ0) is 22.7. The number of aryl methyl sites for hydroxylation is 3. The Hall–Kier alpha value is -4.11. The Labute approximate surface area is 184 Å². The summed E-state index contributed by atoms with van der Waals surface area (Å²) in [5, 5.41) is 24.4. The first-order chi connectivity index (χ1) is 15.3. The van der Waals surface area contributed by atoms with E-state index in [1.165, 1.54) is 10.8 Å². The summed E-state index contributed by atoms with van der Waals surface area (Å²) >= 11 is 0. The standard InChI is InChI=1S/C23H21N7O2/c1-13-7-15(5-4-6-24)8-14(2)18(13)32-19-16-17(20(31)30(3)29-16)26-21(27-19)28-23-9-22(10-23,11-23)12-25/h4-5,7-8,29H,9-11H2,1-3H3,(H,26,27,28)/b5-4+. The molecule has 3 saturated carbocycles. The Morgan fingerprint density at radius 1 is 1.22 bits per heavy atom. The van der Waals surface area contributed by atoms with Gasteiger partial charge in [0.2, 0.25) is 5.95 Å². The van der Waals surface area contributed by atoms with Gasteiger partial charge in [-0.25, -0.2) is 4.98 Å². The Kier molecular flexibility index (Phi) is 4.15. The molecule has 1 aromatic carbocycles. The van der Waals surface area contributed by atoms with Gasteiger partial charge in [-0.05, 0) is 68.0 Å². The van der Waals surface area contributed by atoms with Gasteiger partial charge in [-0.2, -0.15) is 15.5 Å². The van der Waals surface area contributed by atoms with Crippen molar-refractivity contribution in [2.75, 3.05) is 5.32 Å².